The smallest absolute Gasteiger partial charge is 0.234 e. The highest BCUT2D eigenvalue weighted by atomic mass is 35.5. The van der Waals surface area contributed by atoms with Gasteiger partial charge in [0.1, 0.15) is 5.82 Å². The summed E-state index contributed by atoms with van der Waals surface area (Å²) in [7, 11) is 0. The fourth-order valence-corrected chi connectivity index (χ4v) is 3.22. The Bertz CT molecular complexity index is 970. The first kappa shape index (κ1) is 19.9. The summed E-state index contributed by atoms with van der Waals surface area (Å²) in [6.45, 7) is 1.86. The van der Waals surface area contributed by atoms with Crippen molar-refractivity contribution in [3.63, 3.8) is 0 Å². The first-order chi connectivity index (χ1) is 13.5. The number of para-hydroxylation sites is 1. The maximum absolute atomic E-state index is 12.2. The summed E-state index contributed by atoms with van der Waals surface area (Å²) in [4.78, 5) is 24.7. The van der Waals surface area contributed by atoms with Crippen LogP contribution in [0, 0.1) is 6.92 Å². The maximum Gasteiger partial charge on any atom is 0.234 e. The zero-order chi connectivity index (χ0) is 19.9. The topological polar surface area (TPSA) is 106 Å². The van der Waals surface area contributed by atoms with E-state index in [2.05, 4.69) is 25.6 Å². The lowest BCUT2D eigenvalue weighted by molar-refractivity contribution is -0.113. The molecule has 1 aromatic heterocycles. The molecule has 1 amide bonds. The molecule has 0 saturated carbocycles. The highest BCUT2D eigenvalue weighted by molar-refractivity contribution is 7.99. The van der Waals surface area contributed by atoms with Crippen LogP contribution in [0.2, 0.25) is 5.02 Å². The first-order valence-corrected chi connectivity index (χ1v) is 10.00. The Morgan fingerprint density at radius 1 is 1.11 bits per heavy atom. The van der Waals surface area contributed by atoms with Gasteiger partial charge in [0, 0.05) is 16.4 Å². The number of hydrogen-bond acceptors (Lipinski definition) is 7. The number of aromatic nitrogens is 3. The lowest BCUT2D eigenvalue weighted by Gasteiger charge is -2.09. The number of halogens is 1. The van der Waals surface area contributed by atoms with E-state index in [4.69, 9.17) is 17.3 Å². The minimum Gasteiger partial charge on any atom is -0.368 e. The number of nitrogens with two attached hydrogens (primary N) is 1. The van der Waals surface area contributed by atoms with Crippen molar-refractivity contribution < 1.29 is 4.79 Å². The van der Waals surface area contributed by atoms with Gasteiger partial charge >= 0.3 is 0 Å². The number of rotatable bonds is 7. The predicted octanol–water partition coefficient (Wildman–Crippen LogP) is 4.03. The molecule has 9 heteroatoms. The van der Waals surface area contributed by atoms with Gasteiger partial charge in [0.25, 0.3) is 0 Å². The normalized spacial score (nSPS) is 10.5. The summed E-state index contributed by atoms with van der Waals surface area (Å²) in [6, 6.07) is 14.9. The summed E-state index contributed by atoms with van der Waals surface area (Å²) >= 11 is 7.46. The van der Waals surface area contributed by atoms with Crippen LogP contribution in [0.3, 0.4) is 0 Å². The Hall–Kier alpha value is -2.84. The summed E-state index contributed by atoms with van der Waals surface area (Å²) < 4.78 is 0. The third kappa shape index (κ3) is 5.58. The summed E-state index contributed by atoms with van der Waals surface area (Å²) in [5.74, 6) is 1.55. The molecule has 0 saturated heterocycles. The van der Waals surface area contributed by atoms with E-state index in [1.165, 1.54) is 11.8 Å². The van der Waals surface area contributed by atoms with Gasteiger partial charge in [-0.1, -0.05) is 35.9 Å². The zero-order valence-electron chi connectivity index (χ0n) is 15.1. The van der Waals surface area contributed by atoms with Gasteiger partial charge in [-0.25, -0.2) is 0 Å². The highest BCUT2D eigenvalue weighted by Gasteiger charge is 2.09. The van der Waals surface area contributed by atoms with E-state index in [0.717, 1.165) is 11.3 Å². The number of carbonyl (C=O) groups excluding carboxylic acids is 1. The van der Waals surface area contributed by atoms with Crippen molar-refractivity contribution in [3.05, 3.63) is 64.9 Å². The fraction of sp³-hybridized carbons (Fsp3) is 0.158. The van der Waals surface area contributed by atoms with Gasteiger partial charge < -0.3 is 16.4 Å². The van der Waals surface area contributed by atoms with E-state index < -0.39 is 0 Å². The van der Waals surface area contributed by atoms with Crippen LogP contribution < -0.4 is 16.4 Å². The Morgan fingerprint density at radius 3 is 2.68 bits per heavy atom. The van der Waals surface area contributed by atoms with Crippen LogP contribution in [-0.2, 0) is 10.5 Å². The number of thioether (sulfide) groups is 1. The average Bonchev–Trinajstić information content (AvgIpc) is 2.66. The van der Waals surface area contributed by atoms with E-state index in [0.29, 0.717) is 28.2 Å². The molecular weight excluding hydrogens is 396 g/mol. The number of carbonyl (C=O) groups is 1. The molecule has 4 N–H and O–H groups in total. The molecule has 0 fully saturated rings. The van der Waals surface area contributed by atoms with Gasteiger partial charge in [0.05, 0.1) is 11.5 Å². The standard InChI is InChI=1S/C19H19ClN6OS/c1-12-14(20)8-5-9-15(12)23-17(27)11-28-10-16-24-18(21)26-19(25-16)22-13-6-3-2-4-7-13/h2-9H,10-11H2,1H3,(H,23,27)(H3,21,22,24,25,26). The number of hydrogen-bond donors (Lipinski definition) is 3. The molecule has 0 radical (unpaired) electrons. The van der Waals surface area contributed by atoms with Crippen LogP contribution in [0.5, 0.6) is 0 Å². The van der Waals surface area contributed by atoms with Crippen LogP contribution in [0.1, 0.15) is 11.4 Å². The molecule has 1 heterocycles. The Labute approximate surface area is 172 Å². The summed E-state index contributed by atoms with van der Waals surface area (Å²) in [5, 5.41) is 6.56. The first-order valence-electron chi connectivity index (χ1n) is 8.46. The summed E-state index contributed by atoms with van der Waals surface area (Å²) in [5.41, 5.74) is 8.17. The van der Waals surface area contributed by atoms with E-state index in [1.54, 1.807) is 12.1 Å². The lowest BCUT2D eigenvalue weighted by Crippen LogP contribution is -2.15. The third-order valence-electron chi connectivity index (χ3n) is 3.74. The van der Waals surface area contributed by atoms with Crippen molar-refractivity contribution in [2.75, 3.05) is 22.1 Å². The lowest BCUT2D eigenvalue weighted by atomic mass is 10.2. The van der Waals surface area contributed by atoms with Crippen molar-refractivity contribution in [2.24, 2.45) is 0 Å². The summed E-state index contributed by atoms with van der Waals surface area (Å²) in [6.07, 6.45) is 0. The van der Waals surface area contributed by atoms with Crippen molar-refractivity contribution in [3.8, 4) is 0 Å². The molecular formula is C19H19ClN6OS. The van der Waals surface area contributed by atoms with Crippen LogP contribution in [0.4, 0.5) is 23.3 Å². The molecule has 2 aromatic carbocycles. The minimum absolute atomic E-state index is 0.125. The van der Waals surface area contributed by atoms with Crippen LogP contribution >= 0.6 is 23.4 Å². The van der Waals surface area contributed by atoms with Gasteiger partial charge in [-0.3, -0.25) is 4.79 Å². The van der Waals surface area contributed by atoms with Gasteiger partial charge in [-0.2, -0.15) is 15.0 Å². The largest absolute Gasteiger partial charge is 0.368 e. The van der Waals surface area contributed by atoms with E-state index >= 15 is 0 Å². The predicted molar refractivity (Wildman–Crippen MR) is 115 cm³/mol. The number of amides is 1. The van der Waals surface area contributed by atoms with Gasteiger partial charge in [-0.15, -0.1) is 11.8 Å². The number of anilines is 4. The minimum atomic E-state index is -0.125. The van der Waals surface area contributed by atoms with Crippen molar-refractivity contribution in [1.29, 1.82) is 0 Å². The number of benzene rings is 2. The highest BCUT2D eigenvalue weighted by Crippen LogP contribution is 2.23. The Morgan fingerprint density at radius 2 is 1.89 bits per heavy atom. The second-order valence-electron chi connectivity index (χ2n) is 5.88. The van der Waals surface area contributed by atoms with Crippen LogP contribution in [0.15, 0.2) is 48.5 Å². The van der Waals surface area contributed by atoms with E-state index in [1.807, 2.05) is 43.3 Å². The van der Waals surface area contributed by atoms with Crippen molar-refractivity contribution >= 4 is 52.5 Å². The molecule has 7 nitrogen and oxygen atoms in total. The Kier molecular flexibility index (Phi) is 6.67. The maximum atomic E-state index is 12.2. The number of nitrogens with one attached hydrogen (secondary N) is 2. The Balaban J connectivity index is 1.55. The molecule has 0 aliphatic carbocycles. The molecule has 0 aliphatic heterocycles. The van der Waals surface area contributed by atoms with E-state index in [9.17, 15) is 4.79 Å². The van der Waals surface area contributed by atoms with Crippen LogP contribution in [0.25, 0.3) is 0 Å². The van der Waals surface area contributed by atoms with Gasteiger partial charge in [-0.05, 0) is 36.8 Å². The van der Waals surface area contributed by atoms with Gasteiger partial charge in [0.15, 0.2) is 0 Å². The fourth-order valence-electron chi connectivity index (χ4n) is 2.37. The van der Waals surface area contributed by atoms with Gasteiger partial charge in [0.2, 0.25) is 17.8 Å². The van der Waals surface area contributed by atoms with Crippen LogP contribution in [-0.4, -0.2) is 26.6 Å². The quantitative estimate of drug-likeness (QED) is 0.535. The average molecular weight is 415 g/mol. The molecule has 0 atom stereocenters. The molecule has 3 aromatic rings. The second kappa shape index (κ2) is 9.38. The number of nitrogen functional groups attached to an aromatic ring is 1. The monoisotopic (exact) mass is 414 g/mol. The molecule has 0 unspecified atom stereocenters. The second-order valence-corrected chi connectivity index (χ2v) is 7.27. The molecule has 28 heavy (non-hydrogen) atoms. The van der Waals surface area contributed by atoms with E-state index in [-0.39, 0.29) is 17.6 Å². The molecule has 0 spiro atoms. The zero-order valence-corrected chi connectivity index (χ0v) is 16.7. The molecule has 0 bridgehead atoms. The SMILES string of the molecule is Cc1c(Cl)cccc1NC(=O)CSCc1nc(N)nc(Nc2ccccc2)n1. The third-order valence-corrected chi connectivity index (χ3v) is 5.07. The van der Waals surface area contributed by atoms with Crippen molar-refractivity contribution in [1.82, 2.24) is 15.0 Å². The molecule has 0 aliphatic rings. The van der Waals surface area contributed by atoms with Crippen molar-refractivity contribution in [2.45, 2.75) is 12.7 Å². The number of nitrogens with zero attached hydrogens (tertiary/aromatic N) is 3. The molecule has 3 rings (SSSR count). The molecule has 144 valence electrons.